The molecule has 0 bridgehead atoms. The van der Waals surface area contributed by atoms with Gasteiger partial charge in [-0.2, -0.15) is 0 Å². The second kappa shape index (κ2) is 5.99. The maximum Gasteiger partial charge on any atom is 0.229 e. The van der Waals surface area contributed by atoms with Gasteiger partial charge in [-0.05, 0) is 0 Å². The normalized spacial score (nSPS) is 11.9. The monoisotopic (exact) mass is 227 g/mol. The highest BCUT2D eigenvalue weighted by atomic mass is 16.5. The van der Waals surface area contributed by atoms with Gasteiger partial charge in [0.25, 0.3) is 0 Å². The zero-order chi connectivity index (χ0) is 12.0. The molecule has 0 saturated carbocycles. The van der Waals surface area contributed by atoms with Crippen molar-refractivity contribution in [1.29, 1.82) is 0 Å². The third-order valence-electron chi connectivity index (χ3n) is 1.57. The van der Waals surface area contributed by atoms with E-state index in [1.807, 2.05) is 0 Å². The summed E-state index contributed by atoms with van der Waals surface area (Å²) >= 11 is 0. The molecule has 0 aliphatic carbocycles. The van der Waals surface area contributed by atoms with E-state index in [9.17, 15) is 4.79 Å². The van der Waals surface area contributed by atoms with Crippen molar-refractivity contribution in [2.75, 3.05) is 18.5 Å². The minimum Gasteiger partial charge on any atom is -0.488 e. The van der Waals surface area contributed by atoms with Gasteiger partial charge in [-0.3, -0.25) is 10.1 Å². The van der Waals surface area contributed by atoms with Gasteiger partial charge < -0.3 is 14.9 Å². The summed E-state index contributed by atoms with van der Waals surface area (Å²) < 4.78 is 5.07. The number of nitrogens with zero attached hydrogens (tertiary/aromatic N) is 2. The molecular formula is C9H13N3O4. The number of aliphatic hydroxyl groups is 2. The van der Waals surface area contributed by atoms with Crippen molar-refractivity contribution in [3.05, 3.63) is 12.4 Å². The Morgan fingerprint density at radius 3 is 2.69 bits per heavy atom. The minimum absolute atomic E-state index is 0.0423. The summed E-state index contributed by atoms with van der Waals surface area (Å²) in [6.45, 7) is 0.940. The Balaban J connectivity index is 2.48. The molecule has 1 aromatic heterocycles. The molecule has 16 heavy (non-hydrogen) atoms. The number of anilines is 1. The van der Waals surface area contributed by atoms with Gasteiger partial charge in [-0.1, -0.05) is 0 Å². The van der Waals surface area contributed by atoms with E-state index < -0.39 is 6.10 Å². The summed E-state index contributed by atoms with van der Waals surface area (Å²) in [4.78, 5) is 18.3. The summed E-state index contributed by atoms with van der Waals surface area (Å²) in [5.41, 5.74) is 0. The Hall–Kier alpha value is -1.73. The van der Waals surface area contributed by atoms with E-state index in [4.69, 9.17) is 14.9 Å². The third kappa shape index (κ3) is 4.20. The summed E-state index contributed by atoms with van der Waals surface area (Å²) in [6.07, 6.45) is 1.79. The van der Waals surface area contributed by atoms with Crippen molar-refractivity contribution in [3.8, 4) is 5.75 Å². The molecule has 0 spiro atoms. The van der Waals surface area contributed by atoms with E-state index in [0.717, 1.165) is 0 Å². The number of aromatic nitrogens is 2. The maximum absolute atomic E-state index is 10.7. The van der Waals surface area contributed by atoms with Crippen molar-refractivity contribution in [2.45, 2.75) is 13.0 Å². The average molecular weight is 227 g/mol. The van der Waals surface area contributed by atoms with Crippen molar-refractivity contribution in [1.82, 2.24) is 9.97 Å². The largest absolute Gasteiger partial charge is 0.488 e. The molecule has 7 heteroatoms. The Labute approximate surface area is 92.1 Å². The summed E-state index contributed by atoms with van der Waals surface area (Å²) in [5, 5.41) is 20.0. The molecule has 7 nitrogen and oxygen atoms in total. The lowest BCUT2D eigenvalue weighted by molar-refractivity contribution is -0.114. The van der Waals surface area contributed by atoms with Crippen molar-refractivity contribution < 1.29 is 19.7 Å². The quantitative estimate of drug-likeness (QED) is 0.606. The molecule has 0 saturated heterocycles. The number of nitrogens with one attached hydrogen (secondary N) is 1. The molecule has 3 N–H and O–H groups in total. The summed E-state index contributed by atoms with van der Waals surface area (Å²) in [6, 6.07) is 0. The Bertz CT molecular complexity index is 341. The van der Waals surface area contributed by atoms with Gasteiger partial charge in [0.15, 0.2) is 5.75 Å². The molecule has 1 aromatic rings. The van der Waals surface area contributed by atoms with Crippen LogP contribution in [0.15, 0.2) is 12.4 Å². The first kappa shape index (κ1) is 12.3. The van der Waals surface area contributed by atoms with Crippen molar-refractivity contribution >= 4 is 11.9 Å². The number of rotatable bonds is 5. The predicted molar refractivity (Wildman–Crippen MR) is 54.9 cm³/mol. The lowest BCUT2D eigenvalue weighted by atomic mass is 10.4. The first-order valence-corrected chi connectivity index (χ1v) is 4.63. The summed E-state index contributed by atoms with van der Waals surface area (Å²) in [5.74, 6) is 0.272. The zero-order valence-electron chi connectivity index (χ0n) is 8.75. The van der Waals surface area contributed by atoms with Gasteiger partial charge in [-0.15, -0.1) is 0 Å². The van der Waals surface area contributed by atoms with Crippen LogP contribution in [0.4, 0.5) is 5.95 Å². The Kier molecular flexibility index (Phi) is 4.62. The molecule has 1 amide bonds. The lowest BCUT2D eigenvalue weighted by Gasteiger charge is -2.09. The van der Waals surface area contributed by atoms with Gasteiger partial charge in [0.05, 0.1) is 19.0 Å². The fourth-order valence-electron chi connectivity index (χ4n) is 0.858. The van der Waals surface area contributed by atoms with Crippen LogP contribution in [-0.4, -0.2) is 45.4 Å². The van der Waals surface area contributed by atoms with Crippen LogP contribution >= 0.6 is 0 Å². The Morgan fingerprint density at radius 1 is 1.56 bits per heavy atom. The maximum atomic E-state index is 10.7. The van der Waals surface area contributed by atoms with Gasteiger partial charge >= 0.3 is 0 Å². The predicted octanol–water partition coefficient (Wildman–Crippen LogP) is -0.833. The molecule has 1 unspecified atom stereocenters. The van der Waals surface area contributed by atoms with E-state index in [0.29, 0.717) is 5.75 Å². The van der Waals surface area contributed by atoms with E-state index in [-0.39, 0.29) is 25.1 Å². The fourth-order valence-corrected chi connectivity index (χ4v) is 0.858. The van der Waals surface area contributed by atoms with Gasteiger partial charge in [0.2, 0.25) is 11.9 Å². The van der Waals surface area contributed by atoms with Crippen LogP contribution in [0, 0.1) is 0 Å². The molecule has 1 atom stereocenters. The van der Waals surface area contributed by atoms with E-state index in [2.05, 4.69) is 15.3 Å². The molecule has 0 radical (unpaired) electrons. The number of amides is 1. The van der Waals surface area contributed by atoms with Crippen LogP contribution in [0.2, 0.25) is 0 Å². The van der Waals surface area contributed by atoms with Crippen LogP contribution in [0.1, 0.15) is 6.92 Å². The smallest absolute Gasteiger partial charge is 0.229 e. The number of hydrogen-bond acceptors (Lipinski definition) is 6. The highest BCUT2D eigenvalue weighted by Gasteiger charge is 2.04. The first-order chi connectivity index (χ1) is 7.61. The van der Waals surface area contributed by atoms with Crippen molar-refractivity contribution in [2.24, 2.45) is 0 Å². The zero-order valence-corrected chi connectivity index (χ0v) is 8.75. The van der Waals surface area contributed by atoms with Crippen LogP contribution in [0.3, 0.4) is 0 Å². The van der Waals surface area contributed by atoms with E-state index in [1.165, 1.54) is 19.3 Å². The standard InChI is InChI=1S/C9H13N3O4/c1-6(14)12-9-10-2-8(3-11-9)16-5-7(15)4-13/h2-3,7,13,15H,4-5H2,1H3,(H,10,11,12,14). The minimum atomic E-state index is -0.935. The van der Waals surface area contributed by atoms with Gasteiger partial charge in [0, 0.05) is 6.92 Å². The number of carbonyl (C=O) groups excluding carboxylic acids is 1. The number of ether oxygens (including phenoxy) is 1. The molecular weight excluding hydrogens is 214 g/mol. The van der Waals surface area contributed by atoms with Gasteiger partial charge in [-0.25, -0.2) is 9.97 Å². The molecule has 1 rings (SSSR count). The first-order valence-electron chi connectivity index (χ1n) is 4.63. The molecule has 0 aliphatic rings. The number of hydrogen-bond donors (Lipinski definition) is 3. The highest BCUT2D eigenvalue weighted by molar-refractivity contribution is 5.86. The molecule has 1 heterocycles. The third-order valence-corrected chi connectivity index (χ3v) is 1.57. The van der Waals surface area contributed by atoms with E-state index >= 15 is 0 Å². The number of aliphatic hydroxyl groups excluding tert-OH is 2. The van der Waals surface area contributed by atoms with Crippen LogP contribution in [0.25, 0.3) is 0 Å². The molecule has 0 fully saturated rings. The number of carbonyl (C=O) groups is 1. The van der Waals surface area contributed by atoms with Crippen LogP contribution in [-0.2, 0) is 4.79 Å². The van der Waals surface area contributed by atoms with Crippen molar-refractivity contribution in [3.63, 3.8) is 0 Å². The summed E-state index contributed by atoms with van der Waals surface area (Å²) in [7, 11) is 0. The van der Waals surface area contributed by atoms with Crippen LogP contribution in [0.5, 0.6) is 5.75 Å². The molecule has 0 aromatic carbocycles. The Morgan fingerprint density at radius 2 is 2.19 bits per heavy atom. The second-order valence-electron chi connectivity index (χ2n) is 3.07. The molecule has 0 aliphatic heterocycles. The van der Waals surface area contributed by atoms with Gasteiger partial charge in [0.1, 0.15) is 12.7 Å². The van der Waals surface area contributed by atoms with Crippen LogP contribution < -0.4 is 10.1 Å². The lowest BCUT2D eigenvalue weighted by Crippen LogP contribution is -2.21. The fraction of sp³-hybridized carbons (Fsp3) is 0.444. The topological polar surface area (TPSA) is 105 Å². The van der Waals surface area contributed by atoms with E-state index in [1.54, 1.807) is 0 Å². The SMILES string of the molecule is CC(=O)Nc1ncc(OCC(O)CO)cn1. The average Bonchev–Trinajstić information content (AvgIpc) is 2.27. The molecule has 88 valence electrons. The highest BCUT2D eigenvalue weighted by Crippen LogP contribution is 2.08. The second-order valence-corrected chi connectivity index (χ2v) is 3.07.